The maximum atomic E-state index is 5.08. The summed E-state index contributed by atoms with van der Waals surface area (Å²) in [5, 5.41) is 0. The summed E-state index contributed by atoms with van der Waals surface area (Å²) in [6.45, 7) is 13.6. The third kappa shape index (κ3) is 7.10. The third-order valence-corrected chi connectivity index (χ3v) is 8.81. The average molecular weight is 653 g/mol. The molecule has 0 bridgehead atoms. The molecule has 0 radical (unpaired) electrons. The van der Waals surface area contributed by atoms with Crippen LogP contribution in [0.25, 0.3) is 67.8 Å². The quantitative estimate of drug-likeness (QED) is 0.178. The van der Waals surface area contributed by atoms with Gasteiger partial charge >= 0.3 is 0 Å². The van der Waals surface area contributed by atoms with Crippen molar-refractivity contribution in [2.75, 3.05) is 0 Å². The molecule has 0 unspecified atom stereocenters. The van der Waals surface area contributed by atoms with Crippen LogP contribution in [-0.2, 0) is 10.8 Å². The highest BCUT2D eigenvalue weighted by molar-refractivity contribution is 5.81. The molecule has 7 aromatic rings. The molecule has 0 spiro atoms. The van der Waals surface area contributed by atoms with E-state index in [0.29, 0.717) is 17.5 Å². The van der Waals surface area contributed by atoms with E-state index in [-0.39, 0.29) is 10.8 Å². The summed E-state index contributed by atoms with van der Waals surface area (Å²) in [6, 6.07) is 39.6. The van der Waals surface area contributed by atoms with Crippen LogP contribution in [0.2, 0.25) is 0 Å². The van der Waals surface area contributed by atoms with Crippen molar-refractivity contribution in [3.63, 3.8) is 0 Å². The monoisotopic (exact) mass is 652 g/mol. The lowest BCUT2D eigenvalue weighted by molar-refractivity contribution is 0.569. The summed E-state index contributed by atoms with van der Waals surface area (Å²) in [6.07, 6.45) is 5.20. The van der Waals surface area contributed by atoms with Gasteiger partial charge in [0.05, 0.1) is 11.4 Å². The molecule has 0 amide bonds. The van der Waals surface area contributed by atoms with Crippen LogP contribution in [0.3, 0.4) is 0 Å². The van der Waals surface area contributed by atoms with Crippen molar-refractivity contribution in [3.05, 3.63) is 145 Å². The second-order valence-corrected chi connectivity index (χ2v) is 14.7. The minimum Gasteiger partial charge on any atom is -0.264 e. The molecule has 0 N–H and O–H groups in total. The molecule has 6 heteroatoms. The van der Waals surface area contributed by atoms with Crippen molar-refractivity contribution >= 4 is 0 Å². The van der Waals surface area contributed by atoms with Crippen molar-refractivity contribution in [2.45, 2.75) is 52.4 Å². The van der Waals surface area contributed by atoms with Crippen molar-refractivity contribution in [2.24, 2.45) is 0 Å². The Morgan fingerprint density at radius 1 is 0.400 bits per heavy atom. The SMILES string of the molecule is CC(C)(C)c1cc(-c2cc(-c3cc(-c4cccnc4)ncn3)cc(-c3nc(-c4ccccc4)nc(-c4ccccc4)n3)c2)cc(C(C)(C)C)c1. The van der Waals surface area contributed by atoms with E-state index in [1.807, 2.05) is 85.1 Å². The molecule has 7 rings (SSSR count). The van der Waals surface area contributed by atoms with E-state index in [1.54, 1.807) is 12.5 Å². The van der Waals surface area contributed by atoms with Crippen LogP contribution in [0, 0.1) is 0 Å². The molecule has 246 valence electrons. The van der Waals surface area contributed by atoms with E-state index in [9.17, 15) is 0 Å². The highest BCUT2D eigenvalue weighted by atomic mass is 15.0. The summed E-state index contributed by atoms with van der Waals surface area (Å²) >= 11 is 0. The zero-order valence-corrected chi connectivity index (χ0v) is 29.4. The number of nitrogens with zero attached hydrogens (tertiary/aromatic N) is 6. The van der Waals surface area contributed by atoms with Crippen LogP contribution in [0.15, 0.2) is 134 Å². The fourth-order valence-corrected chi connectivity index (χ4v) is 5.86. The molecule has 0 aliphatic carbocycles. The standard InChI is InChI=1S/C44H40N6/c1-43(2,3)36-23-33(24-37(25-36)44(4,5)6)32-20-34(39-26-38(46-28-47-39)31-18-13-19-45-27-31)22-35(21-32)42-49-40(29-14-9-7-10-15-29)48-41(50-42)30-16-11-8-12-17-30/h7-28H,1-6H3. The lowest BCUT2D eigenvalue weighted by atomic mass is 9.78. The van der Waals surface area contributed by atoms with Gasteiger partial charge in [-0.15, -0.1) is 0 Å². The summed E-state index contributed by atoms with van der Waals surface area (Å²) in [7, 11) is 0. The molecular weight excluding hydrogens is 613 g/mol. The van der Waals surface area contributed by atoms with Crippen molar-refractivity contribution in [3.8, 4) is 67.8 Å². The Labute approximate surface area is 294 Å². The van der Waals surface area contributed by atoms with E-state index < -0.39 is 0 Å². The number of rotatable bonds is 6. The Morgan fingerprint density at radius 3 is 1.38 bits per heavy atom. The minimum absolute atomic E-state index is 0.0366. The Kier molecular flexibility index (Phi) is 8.62. The van der Waals surface area contributed by atoms with Gasteiger partial charge in [0.25, 0.3) is 0 Å². The predicted octanol–water partition coefficient (Wildman–Crippen LogP) is 10.7. The first-order chi connectivity index (χ1) is 24.0. The molecular formula is C44H40N6. The molecule has 50 heavy (non-hydrogen) atoms. The summed E-state index contributed by atoms with van der Waals surface area (Å²) in [5.41, 5.74) is 10.9. The van der Waals surface area contributed by atoms with E-state index >= 15 is 0 Å². The Hall–Kier alpha value is -5.88. The zero-order chi connectivity index (χ0) is 34.9. The summed E-state index contributed by atoms with van der Waals surface area (Å²) in [5.74, 6) is 1.82. The van der Waals surface area contributed by atoms with Gasteiger partial charge < -0.3 is 0 Å². The van der Waals surface area contributed by atoms with Crippen molar-refractivity contribution in [1.82, 2.24) is 29.9 Å². The number of hydrogen-bond donors (Lipinski definition) is 0. The molecule has 4 aromatic carbocycles. The summed E-state index contributed by atoms with van der Waals surface area (Å²) in [4.78, 5) is 28.8. The van der Waals surface area contributed by atoms with Crippen molar-refractivity contribution in [1.29, 1.82) is 0 Å². The molecule has 0 aliphatic rings. The predicted molar refractivity (Wildman–Crippen MR) is 203 cm³/mol. The van der Waals surface area contributed by atoms with Gasteiger partial charge in [0.2, 0.25) is 0 Å². The third-order valence-electron chi connectivity index (χ3n) is 8.81. The van der Waals surface area contributed by atoms with E-state index in [1.165, 1.54) is 11.1 Å². The van der Waals surface area contributed by atoms with E-state index in [4.69, 9.17) is 19.9 Å². The molecule has 0 aliphatic heterocycles. The molecule has 3 aromatic heterocycles. The smallest absolute Gasteiger partial charge is 0.164 e. The van der Waals surface area contributed by atoms with Crippen LogP contribution < -0.4 is 0 Å². The van der Waals surface area contributed by atoms with Crippen LogP contribution in [0.1, 0.15) is 52.7 Å². The molecule has 0 saturated heterocycles. The number of hydrogen-bond acceptors (Lipinski definition) is 6. The lowest BCUT2D eigenvalue weighted by Crippen LogP contribution is -2.16. The minimum atomic E-state index is -0.0366. The highest BCUT2D eigenvalue weighted by Gasteiger charge is 2.22. The van der Waals surface area contributed by atoms with Crippen LogP contribution in [-0.4, -0.2) is 29.9 Å². The lowest BCUT2D eigenvalue weighted by Gasteiger charge is -2.26. The van der Waals surface area contributed by atoms with Gasteiger partial charge in [-0.05, 0) is 69.5 Å². The zero-order valence-electron chi connectivity index (χ0n) is 29.4. The topological polar surface area (TPSA) is 77.3 Å². The number of aromatic nitrogens is 6. The Bertz CT molecular complexity index is 2180. The molecule has 0 atom stereocenters. The highest BCUT2D eigenvalue weighted by Crippen LogP contribution is 2.38. The van der Waals surface area contributed by atoms with Crippen LogP contribution >= 0.6 is 0 Å². The maximum absolute atomic E-state index is 5.08. The van der Waals surface area contributed by atoms with Crippen LogP contribution in [0.5, 0.6) is 0 Å². The molecule has 0 saturated carbocycles. The Balaban J connectivity index is 1.49. The Morgan fingerprint density at radius 2 is 0.860 bits per heavy atom. The fourth-order valence-electron chi connectivity index (χ4n) is 5.86. The first-order valence-corrected chi connectivity index (χ1v) is 16.9. The first kappa shape index (κ1) is 32.7. The number of pyridine rings is 1. The second-order valence-electron chi connectivity index (χ2n) is 14.7. The van der Waals surface area contributed by atoms with Gasteiger partial charge in [0.15, 0.2) is 17.5 Å². The van der Waals surface area contributed by atoms with E-state index in [2.05, 4.69) is 87.9 Å². The van der Waals surface area contributed by atoms with Gasteiger partial charge in [0, 0.05) is 40.2 Å². The van der Waals surface area contributed by atoms with Crippen molar-refractivity contribution < 1.29 is 0 Å². The maximum Gasteiger partial charge on any atom is 0.164 e. The van der Waals surface area contributed by atoms with Gasteiger partial charge in [0.1, 0.15) is 6.33 Å². The first-order valence-electron chi connectivity index (χ1n) is 16.9. The normalized spacial score (nSPS) is 11.8. The largest absolute Gasteiger partial charge is 0.264 e. The van der Waals surface area contributed by atoms with Gasteiger partial charge in [-0.25, -0.2) is 24.9 Å². The van der Waals surface area contributed by atoms with E-state index in [0.717, 1.165) is 50.3 Å². The second kappa shape index (κ2) is 13.2. The summed E-state index contributed by atoms with van der Waals surface area (Å²) < 4.78 is 0. The molecule has 3 heterocycles. The van der Waals surface area contributed by atoms with Gasteiger partial charge in [-0.1, -0.05) is 120 Å². The molecule has 6 nitrogen and oxygen atoms in total. The van der Waals surface area contributed by atoms with Gasteiger partial charge in [-0.2, -0.15) is 0 Å². The number of benzene rings is 4. The van der Waals surface area contributed by atoms with Crippen LogP contribution in [0.4, 0.5) is 0 Å². The average Bonchev–Trinajstić information content (AvgIpc) is 3.14. The van der Waals surface area contributed by atoms with Gasteiger partial charge in [-0.3, -0.25) is 4.98 Å². The fraction of sp³-hybridized carbons (Fsp3) is 0.182. The molecule has 0 fully saturated rings.